The molecule has 0 aliphatic heterocycles. The summed E-state index contributed by atoms with van der Waals surface area (Å²) in [4.78, 5) is 13.2. The van der Waals surface area contributed by atoms with Crippen LogP contribution >= 0.6 is 38.9 Å². The minimum absolute atomic E-state index is 0.166. The lowest BCUT2D eigenvalue weighted by molar-refractivity contribution is 0.103. The summed E-state index contributed by atoms with van der Waals surface area (Å²) < 4.78 is 8.55. The van der Waals surface area contributed by atoms with Crippen LogP contribution in [0.4, 0.5) is 5.69 Å². The molecular weight excluding hydrogens is 486 g/mol. The van der Waals surface area contributed by atoms with Crippen LogP contribution in [0.1, 0.15) is 20.8 Å². The fourth-order valence-electron chi connectivity index (χ4n) is 2.75. The lowest BCUT2D eigenvalue weighted by Crippen LogP contribution is -2.09. The number of halogens is 2. The molecule has 30 heavy (non-hydrogen) atoms. The second-order valence-electron chi connectivity index (χ2n) is 6.57. The number of rotatable bonds is 7. The molecule has 1 amide bonds. The van der Waals surface area contributed by atoms with Crippen LogP contribution in [0.15, 0.2) is 76.8 Å². The number of benzene rings is 2. The molecule has 2 heterocycles. The van der Waals surface area contributed by atoms with Gasteiger partial charge in [-0.3, -0.25) is 9.48 Å². The van der Waals surface area contributed by atoms with Gasteiger partial charge in [0.15, 0.2) is 0 Å². The van der Waals surface area contributed by atoms with Gasteiger partial charge >= 0.3 is 0 Å². The highest BCUT2D eigenvalue weighted by Crippen LogP contribution is 2.21. The third-order valence-corrected chi connectivity index (χ3v) is 6.00. The Morgan fingerprint density at radius 2 is 1.90 bits per heavy atom. The van der Waals surface area contributed by atoms with Crippen LogP contribution in [-0.4, -0.2) is 15.7 Å². The van der Waals surface area contributed by atoms with Gasteiger partial charge in [0.05, 0.1) is 23.3 Å². The number of carbonyl (C=O) groups is 1. The molecule has 0 bridgehead atoms. The zero-order chi connectivity index (χ0) is 20.9. The maximum atomic E-state index is 12.5. The van der Waals surface area contributed by atoms with Crippen LogP contribution in [0.25, 0.3) is 0 Å². The van der Waals surface area contributed by atoms with Crippen molar-refractivity contribution in [2.75, 3.05) is 5.32 Å². The summed E-state index contributed by atoms with van der Waals surface area (Å²) in [5, 5.41) is 9.79. The van der Waals surface area contributed by atoms with E-state index in [2.05, 4.69) is 26.3 Å². The SMILES string of the molecule is O=C(Nc1cnn(Cc2ccc(Br)cc2)c1)c1cc(COc2ccc(Cl)cc2)cs1. The van der Waals surface area contributed by atoms with E-state index in [1.165, 1.54) is 11.3 Å². The Morgan fingerprint density at radius 1 is 1.13 bits per heavy atom. The van der Waals surface area contributed by atoms with Crippen molar-refractivity contribution in [2.24, 2.45) is 0 Å². The largest absolute Gasteiger partial charge is 0.489 e. The smallest absolute Gasteiger partial charge is 0.265 e. The maximum Gasteiger partial charge on any atom is 0.265 e. The van der Waals surface area contributed by atoms with E-state index < -0.39 is 0 Å². The Kier molecular flexibility index (Phi) is 6.52. The van der Waals surface area contributed by atoms with Crippen molar-refractivity contribution in [2.45, 2.75) is 13.2 Å². The molecule has 152 valence electrons. The Morgan fingerprint density at radius 3 is 2.67 bits per heavy atom. The van der Waals surface area contributed by atoms with Gasteiger partial charge in [-0.2, -0.15) is 5.10 Å². The van der Waals surface area contributed by atoms with E-state index in [9.17, 15) is 4.79 Å². The van der Waals surface area contributed by atoms with E-state index >= 15 is 0 Å². The zero-order valence-electron chi connectivity index (χ0n) is 15.7. The average Bonchev–Trinajstić information content (AvgIpc) is 3.39. The molecule has 5 nitrogen and oxygen atoms in total. The summed E-state index contributed by atoms with van der Waals surface area (Å²) in [5.41, 5.74) is 2.72. The van der Waals surface area contributed by atoms with Gasteiger partial charge in [-0.15, -0.1) is 11.3 Å². The van der Waals surface area contributed by atoms with Crippen molar-refractivity contribution < 1.29 is 9.53 Å². The lowest BCUT2D eigenvalue weighted by atomic mass is 10.2. The van der Waals surface area contributed by atoms with Gasteiger partial charge in [0, 0.05) is 21.3 Å². The minimum atomic E-state index is -0.166. The summed E-state index contributed by atoms with van der Waals surface area (Å²) in [6.07, 6.45) is 3.47. The minimum Gasteiger partial charge on any atom is -0.489 e. The number of anilines is 1. The fourth-order valence-corrected chi connectivity index (χ4v) is 3.93. The highest BCUT2D eigenvalue weighted by molar-refractivity contribution is 9.10. The molecule has 0 atom stereocenters. The highest BCUT2D eigenvalue weighted by atomic mass is 79.9. The summed E-state index contributed by atoms with van der Waals surface area (Å²) in [6.45, 7) is 1.02. The predicted octanol–water partition coefficient (Wildman–Crippen LogP) is 6.24. The number of carbonyl (C=O) groups excluding carboxylic acids is 1. The lowest BCUT2D eigenvalue weighted by Gasteiger charge is -2.04. The zero-order valence-corrected chi connectivity index (χ0v) is 18.9. The van der Waals surface area contributed by atoms with Gasteiger partial charge in [-0.25, -0.2) is 0 Å². The first-order valence-corrected chi connectivity index (χ1v) is 11.1. The third-order valence-electron chi connectivity index (χ3n) is 4.25. The molecule has 2 aromatic carbocycles. The molecule has 8 heteroatoms. The molecule has 1 N–H and O–H groups in total. The molecule has 0 radical (unpaired) electrons. The third kappa shape index (κ3) is 5.50. The standard InChI is InChI=1S/C22H17BrClN3O2S/c23-17-3-1-15(2-4-17)11-27-12-19(10-25-27)26-22(28)21-9-16(14-30-21)13-29-20-7-5-18(24)6-8-20/h1-10,12,14H,11,13H2,(H,26,28). The normalized spacial score (nSPS) is 10.7. The molecule has 4 aromatic rings. The Bertz CT molecular complexity index is 1140. The number of aromatic nitrogens is 2. The molecular formula is C22H17BrClN3O2S. The van der Waals surface area contributed by atoms with Gasteiger partial charge in [0.1, 0.15) is 12.4 Å². The van der Waals surface area contributed by atoms with E-state index in [1.54, 1.807) is 23.0 Å². The maximum absolute atomic E-state index is 12.5. The Balaban J connectivity index is 1.32. The number of amides is 1. The van der Waals surface area contributed by atoms with Crippen LogP contribution in [0.5, 0.6) is 5.75 Å². The summed E-state index contributed by atoms with van der Waals surface area (Å²) in [5.74, 6) is 0.565. The van der Waals surface area contributed by atoms with E-state index in [1.807, 2.05) is 54.0 Å². The Labute approximate surface area is 191 Å². The molecule has 0 unspecified atom stereocenters. The van der Waals surface area contributed by atoms with Crippen molar-refractivity contribution in [3.8, 4) is 5.75 Å². The van der Waals surface area contributed by atoms with Crippen LogP contribution in [0.2, 0.25) is 5.02 Å². The predicted molar refractivity (Wildman–Crippen MR) is 124 cm³/mol. The monoisotopic (exact) mass is 501 g/mol. The molecule has 0 aliphatic carbocycles. The quantitative estimate of drug-likeness (QED) is 0.325. The summed E-state index contributed by atoms with van der Waals surface area (Å²) in [7, 11) is 0. The number of nitrogens with zero attached hydrogens (tertiary/aromatic N) is 2. The van der Waals surface area contributed by atoms with Gasteiger partial charge in [0.2, 0.25) is 0 Å². The van der Waals surface area contributed by atoms with Crippen molar-refractivity contribution in [3.63, 3.8) is 0 Å². The van der Waals surface area contributed by atoms with Crippen LogP contribution in [0, 0.1) is 0 Å². The van der Waals surface area contributed by atoms with E-state index in [4.69, 9.17) is 16.3 Å². The van der Waals surface area contributed by atoms with E-state index in [0.29, 0.717) is 28.7 Å². The number of hydrogen-bond donors (Lipinski definition) is 1. The van der Waals surface area contributed by atoms with Crippen molar-refractivity contribution >= 4 is 50.5 Å². The van der Waals surface area contributed by atoms with Gasteiger partial charge in [0.25, 0.3) is 5.91 Å². The molecule has 0 saturated heterocycles. The van der Waals surface area contributed by atoms with Crippen LogP contribution in [-0.2, 0) is 13.2 Å². The molecule has 0 saturated carbocycles. The van der Waals surface area contributed by atoms with E-state index in [0.717, 1.165) is 21.3 Å². The van der Waals surface area contributed by atoms with E-state index in [-0.39, 0.29) is 5.91 Å². The highest BCUT2D eigenvalue weighted by Gasteiger charge is 2.11. The average molecular weight is 503 g/mol. The first kappa shape index (κ1) is 20.7. The van der Waals surface area contributed by atoms with Gasteiger partial charge < -0.3 is 10.1 Å². The number of ether oxygens (including phenoxy) is 1. The van der Waals surface area contributed by atoms with Crippen molar-refractivity contribution in [1.82, 2.24) is 9.78 Å². The Hall–Kier alpha value is -2.61. The molecule has 0 spiro atoms. The molecule has 0 fully saturated rings. The van der Waals surface area contributed by atoms with Gasteiger partial charge in [-0.05, 0) is 53.4 Å². The van der Waals surface area contributed by atoms with Crippen LogP contribution in [0.3, 0.4) is 0 Å². The number of thiophene rings is 1. The molecule has 4 rings (SSSR count). The second-order valence-corrected chi connectivity index (χ2v) is 8.83. The number of nitrogens with one attached hydrogen (secondary N) is 1. The van der Waals surface area contributed by atoms with Crippen molar-refractivity contribution in [1.29, 1.82) is 0 Å². The topological polar surface area (TPSA) is 56.2 Å². The summed E-state index contributed by atoms with van der Waals surface area (Å²) >= 11 is 10.7. The first-order chi connectivity index (χ1) is 14.5. The molecule has 0 aliphatic rings. The second kappa shape index (κ2) is 9.47. The molecule has 2 aromatic heterocycles. The summed E-state index contributed by atoms with van der Waals surface area (Å²) in [6, 6.07) is 17.1. The first-order valence-electron chi connectivity index (χ1n) is 9.09. The van der Waals surface area contributed by atoms with Crippen LogP contribution < -0.4 is 10.1 Å². The van der Waals surface area contributed by atoms with Crippen molar-refractivity contribution in [3.05, 3.63) is 97.9 Å². The fraction of sp³-hybridized carbons (Fsp3) is 0.0909. The number of hydrogen-bond acceptors (Lipinski definition) is 4. The van der Waals surface area contributed by atoms with Gasteiger partial charge in [-0.1, -0.05) is 39.7 Å².